The largest absolute Gasteiger partial charge is 0.390 e. The standard InChI is InChI=1S/C8H19NO3S/c1-8(10,5-6-9)4-3-7-13(2,11)12/h10H,3-7,9H2,1-2H3. The van der Waals surface area contributed by atoms with Crippen LogP contribution in [0.4, 0.5) is 0 Å². The van der Waals surface area contributed by atoms with Crippen molar-refractivity contribution in [2.45, 2.75) is 31.8 Å². The first-order chi connectivity index (χ1) is 5.77. The predicted molar refractivity (Wildman–Crippen MR) is 53.2 cm³/mol. The van der Waals surface area contributed by atoms with Gasteiger partial charge in [-0.1, -0.05) is 0 Å². The smallest absolute Gasteiger partial charge is 0.147 e. The van der Waals surface area contributed by atoms with E-state index in [1.165, 1.54) is 6.26 Å². The Bertz CT molecular complexity index is 234. The lowest BCUT2D eigenvalue weighted by molar-refractivity contribution is 0.0440. The van der Waals surface area contributed by atoms with Gasteiger partial charge in [0, 0.05) is 12.0 Å². The third-order valence-electron chi connectivity index (χ3n) is 1.91. The summed E-state index contributed by atoms with van der Waals surface area (Å²) in [6.45, 7) is 2.11. The Morgan fingerprint density at radius 1 is 1.38 bits per heavy atom. The van der Waals surface area contributed by atoms with Gasteiger partial charge in [0.15, 0.2) is 0 Å². The molecule has 5 heteroatoms. The van der Waals surface area contributed by atoms with Crippen molar-refractivity contribution in [1.29, 1.82) is 0 Å². The van der Waals surface area contributed by atoms with Crippen LogP contribution in [0.25, 0.3) is 0 Å². The van der Waals surface area contributed by atoms with Gasteiger partial charge in [0.05, 0.1) is 5.60 Å². The molecule has 3 N–H and O–H groups in total. The molecule has 0 rings (SSSR count). The SMILES string of the molecule is CC(O)(CCN)CCCS(C)(=O)=O. The summed E-state index contributed by atoms with van der Waals surface area (Å²) in [4.78, 5) is 0. The average Bonchev–Trinajstić information content (AvgIpc) is 1.82. The zero-order valence-electron chi connectivity index (χ0n) is 8.28. The second kappa shape index (κ2) is 4.93. The lowest BCUT2D eigenvalue weighted by Gasteiger charge is -2.21. The molecule has 0 fully saturated rings. The fourth-order valence-electron chi connectivity index (χ4n) is 1.15. The van der Waals surface area contributed by atoms with Crippen LogP contribution >= 0.6 is 0 Å². The number of aliphatic hydroxyl groups is 1. The average molecular weight is 209 g/mol. The molecule has 0 saturated heterocycles. The van der Waals surface area contributed by atoms with Gasteiger partial charge in [-0.3, -0.25) is 0 Å². The van der Waals surface area contributed by atoms with Crippen LogP contribution in [0.2, 0.25) is 0 Å². The van der Waals surface area contributed by atoms with Gasteiger partial charge in [0.2, 0.25) is 0 Å². The van der Waals surface area contributed by atoms with Crippen molar-refractivity contribution >= 4 is 9.84 Å². The zero-order valence-corrected chi connectivity index (χ0v) is 9.10. The summed E-state index contributed by atoms with van der Waals surface area (Å²) in [5.74, 6) is 0.133. The fourth-order valence-corrected chi connectivity index (χ4v) is 1.82. The van der Waals surface area contributed by atoms with Gasteiger partial charge >= 0.3 is 0 Å². The minimum Gasteiger partial charge on any atom is -0.390 e. The molecule has 0 aliphatic heterocycles. The molecule has 4 nitrogen and oxygen atoms in total. The van der Waals surface area contributed by atoms with Gasteiger partial charge in [0.1, 0.15) is 9.84 Å². The van der Waals surface area contributed by atoms with Crippen LogP contribution in [0.15, 0.2) is 0 Å². The van der Waals surface area contributed by atoms with Crippen molar-refractivity contribution in [3.8, 4) is 0 Å². The van der Waals surface area contributed by atoms with E-state index in [1.807, 2.05) is 0 Å². The number of sulfone groups is 1. The van der Waals surface area contributed by atoms with Crippen molar-refractivity contribution < 1.29 is 13.5 Å². The number of rotatable bonds is 6. The molecule has 0 aromatic carbocycles. The maximum Gasteiger partial charge on any atom is 0.147 e. The van der Waals surface area contributed by atoms with Gasteiger partial charge in [-0.2, -0.15) is 0 Å². The van der Waals surface area contributed by atoms with Gasteiger partial charge in [-0.05, 0) is 32.7 Å². The number of hydrogen-bond acceptors (Lipinski definition) is 4. The summed E-state index contributed by atoms with van der Waals surface area (Å²) in [5.41, 5.74) is 4.47. The molecule has 13 heavy (non-hydrogen) atoms. The summed E-state index contributed by atoms with van der Waals surface area (Å²) in [5, 5.41) is 9.64. The molecule has 0 radical (unpaired) electrons. The van der Waals surface area contributed by atoms with Gasteiger partial charge in [-0.15, -0.1) is 0 Å². The molecular weight excluding hydrogens is 190 g/mol. The van der Waals surface area contributed by atoms with Crippen molar-refractivity contribution in [2.24, 2.45) is 5.73 Å². The quantitative estimate of drug-likeness (QED) is 0.640. The molecule has 1 atom stereocenters. The molecule has 0 heterocycles. The summed E-state index contributed by atoms with van der Waals surface area (Å²) < 4.78 is 21.5. The van der Waals surface area contributed by atoms with Gasteiger partial charge in [-0.25, -0.2) is 8.42 Å². The molecule has 0 aromatic heterocycles. The van der Waals surface area contributed by atoms with E-state index in [0.717, 1.165) is 0 Å². The fraction of sp³-hybridized carbons (Fsp3) is 1.00. The van der Waals surface area contributed by atoms with Crippen molar-refractivity contribution in [3.05, 3.63) is 0 Å². The first kappa shape index (κ1) is 12.9. The Labute approximate surface area is 80.1 Å². The zero-order chi connectivity index (χ0) is 10.5. The highest BCUT2D eigenvalue weighted by atomic mass is 32.2. The molecule has 1 unspecified atom stereocenters. The van der Waals surface area contributed by atoms with Crippen molar-refractivity contribution in [3.63, 3.8) is 0 Å². The van der Waals surface area contributed by atoms with E-state index in [4.69, 9.17) is 5.73 Å². The minimum absolute atomic E-state index is 0.133. The molecule has 0 spiro atoms. The monoisotopic (exact) mass is 209 g/mol. The highest BCUT2D eigenvalue weighted by Gasteiger charge is 2.19. The minimum atomic E-state index is -2.90. The third kappa shape index (κ3) is 8.21. The highest BCUT2D eigenvalue weighted by Crippen LogP contribution is 2.15. The van der Waals surface area contributed by atoms with Crippen LogP contribution in [0.3, 0.4) is 0 Å². The summed E-state index contributed by atoms with van der Waals surface area (Å²) in [6.07, 6.45) is 2.69. The highest BCUT2D eigenvalue weighted by molar-refractivity contribution is 7.90. The Hall–Kier alpha value is -0.130. The van der Waals surface area contributed by atoms with Crippen LogP contribution in [0.1, 0.15) is 26.2 Å². The molecular formula is C8H19NO3S. The molecule has 0 amide bonds. The first-order valence-corrected chi connectivity index (χ1v) is 6.43. The summed E-state index contributed by atoms with van der Waals surface area (Å²) in [7, 11) is -2.90. The van der Waals surface area contributed by atoms with E-state index in [1.54, 1.807) is 6.92 Å². The van der Waals surface area contributed by atoms with Crippen molar-refractivity contribution in [1.82, 2.24) is 0 Å². The molecule has 0 aliphatic rings. The maximum atomic E-state index is 10.8. The van der Waals surface area contributed by atoms with E-state index in [2.05, 4.69) is 0 Å². The lowest BCUT2D eigenvalue weighted by atomic mass is 9.97. The van der Waals surface area contributed by atoms with Crippen molar-refractivity contribution in [2.75, 3.05) is 18.6 Å². The second-order valence-corrected chi connectivity index (χ2v) is 6.03. The normalized spacial score (nSPS) is 16.9. The number of hydrogen-bond donors (Lipinski definition) is 2. The molecule has 80 valence electrons. The van der Waals surface area contributed by atoms with Crippen LogP contribution in [-0.4, -0.2) is 37.7 Å². The van der Waals surface area contributed by atoms with E-state index >= 15 is 0 Å². The van der Waals surface area contributed by atoms with Crippen LogP contribution in [-0.2, 0) is 9.84 Å². The lowest BCUT2D eigenvalue weighted by Crippen LogP contribution is -2.28. The van der Waals surface area contributed by atoms with E-state index in [0.29, 0.717) is 25.8 Å². The van der Waals surface area contributed by atoms with E-state index in [9.17, 15) is 13.5 Å². The Morgan fingerprint density at radius 3 is 2.31 bits per heavy atom. The van der Waals surface area contributed by atoms with Crippen LogP contribution in [0.5, 0.6) is 0 Å². The topological polar surface area (TPSA) is 80.4 Å². The Balaban J connectivity index is 3.76. The first-order valence-electron chi connectivity index (χ1n) is 4.37. The maximum absolute atomic E-state index is 10.8. The second-order valence-electron chi connectivity index (χ2n) is 3.77. The third-order valence-corrected chi connectivity index (χ3v) is 2.94. The van der Waals surface area contributed by atoms with Gasteiger partial charge in [0.25, 0.3) is 0 Å². The van der Waals surface area contributed by atoms with E-state index < -0.39 is 15.4 Å². The van der Waals surface area contributed by atoms with Crippen LogP contribution in [0, 0.1) is 0 Å². The number of nitrogens with two attached hydrogens (primary N) is 1. The van der Waals surface area contributed by atoms with E-state index in [-0.39, 0.29) is 5.75 Å². The molecule has 0 saturated carbocycles. The molecule has 0 aliphatic carbocycles. The Kier molecular flexibility index (Phi) is 4.88. The molecule has 0 aromatic rings. The Morgan fingerprint density at radius 2 is 1.92 bits per heavy atom. The van der Waals surface area contributed by atoms with Gasteiger partial charge < -0.3 is 10.8 Å². The van der Waals surface area contributed by atoms with Crippen LogP contribution < -0.4 is 5.73 Å². The summed E-state index contributed by atoms with van der Waals surface area (Å²) >= 11 is 0. The summed E-state index contributed by atoms with van der Waals surface area (Å²) in [6, 6.07) is 0. The predicted octanol–water partition coefficient (Wildman–Crippen LogP) is -0.0890. The molecule has 0 bridgehead atoms.